The molecule has 1 aromatic carbocycles. The van der Waals surface area contributed by atoms with Gasteiger partial charge in [0, 0.05) is 19.3 Å². The van der Waals surface area contributed by atoms with Crippen molar-refractivity contribution in [3.63, 3.8) is 0 Å². The molecule has 3 aromatic heterocycles. The van der Waals surface area contributed by atoms with Gasteiger partial charge in [0.05, 0.1) is 22.1 Å². The molecule has 0 radical (unpaired) electrons. The van der Waals surface area contributed by atoms with Crippen LogP contribution in [0.4, 0.5) is 0 Å². The zero-order valence-electron chi connectivity index (χ0n) is 19.1. The summed E-state index contributed by atoms with van der Waals surface area (Å²) >= 11 is 1.56. The number of thiazole rings is 1. The highest BCUT2D eigenvalue weighted by molar-refractivity contribution is 7.15. The number of hydrogen-bond donors (Lipinski definition) is 1. The van der Waals surface area contributed by atoms with Crippen molar-refractivity contribution in [1.82, 2.24) is 24.6 Å². The molecule has 1 N–H and O–H groups in total. The van der Waals surface area contributed by atoms with Crippen LogP contribution in [0.1, 0.15) is 38.0 Å². The third-order valence-corrected chi connectivity index (χ3v) is 7.92. The van der Waals surface area contributed by atoms with Gasteiger partial charge in [-0.15, -0.1) is 11.3 Å². The van der Waals surface area contributed by atoms with Crippen molar-refractivity contribution in [2.45, 2.75) is 26.3 Å². The predicted octanol–water partition coefficient (Wildman–Crippen LogP) is 3.97. The van der Waals surface area contributed by atoms with Crippen LogP contribution < -0.4 is 5.32 Å². The Hall–Kier alpha value is -3.52. The highest BCUT2D eigenvalue weighted by atomic mass is 32.1. The van der Waals surface area contributed by atoms with Crippen LogP contribution in [0, 0.1) is 25.7 Å². The maximum atomic E-state index is 13.7. The Balaban J connectivity index is 1.23. The number of aryl methyl sites for hydroxylation is 2. The number of hydrogen-bond acceptors (Lipinski definition) is 5. The summed E-state index contributed by atoms with van der Waals surface area (Å²) in [7, 11) is 0. The number of fused-ring (bicyclic) bond motifs is 2. The van der Waals surface area contributed by atoms with Gasteiger partial charge in [0.2, 0.25) is 0 Å². The lowest BCUT2D eigenvalue weighted by Gasteiger charge is -2.27. The van der Waals surface area contributed by atoms with Crippen molar-refractivity contribution in [2.24, 2.45) is 11.8 Å². The third kappa shape index (κ3) is 3.58. The van der Waals surface area contributed by atoms with Crippen LogP contribution in [-0.2, 0) is 0 Å². The SMILES string of the molecule is Cc1cccc(-c2sc(C)nc2C(=O)N2C[C@@H]3C[C@@H]3[C@H]2CNC(=O)c2cnc3ccccn23)c1. The second-order valence-electron chi connectivity index (χ2n) is 9.25. The Morgan fingerprint density at radius 2 is 2.06 bits per heavy atom. The van der Waals surface area contributed by atoms with Crippen molar-refractivity contribution >= 4 is 28.8 Å². The summed E-state index contributed by atoms with van der Waals surface area (Å²) in [4.78, 5) is 38.4. The van der Waals surface area contributed by atoms with Crippen molar-refractivity contribution in [3.8, 4) is 10.4 Å². The molecule has 0 unspecified atom stereocenters. The van der Waals surface area contributed by atoms with Crippen molar-refractivity contribution in [3.05, 3.63) is 76.8 Å². The van der Waals surface area contributed by atoms with Crippen molar-refractivity contribution in [1.29, 1.82) is 0 Å². The van der Waals surface area contributed by atoms with Crippen LogP contribution in [0.3, 0.4) is 0 Å². The van der Waals surface area contributed by atoms with Crippen LogP contribution >= 0.6 is 11.3 Å². The number of carbonyl (C=O) groups is 2. The number of rotatable bonds is 5. The zero-order chi connectivity index (χ0) is 23.4. The molecule has 0 spiro atoms. The number of aromatic nitrogens is 3. The van der Waals surface area contributed by atoms with E-state index in [-0.39, 0.29) is 17.9 Å². The first-order valence-electron chi connectivity index (χ1n) is 11.6. The first-order chi connectivity index (χ1) is 16.5. The minimum absolute atomic E-state index is 0.0204. The lowest BCUT2D eigenvalue weighted by Crippen LogP contribution is -2.46. The second-order valence-corrected chi connectivity index (χ2v) is 10.5. The standard InChI is InChI=1S/C26H25N5O2S/c1-15-6-5-7-17(10-15)24-23(29-16(2)34-24)26(33)31-14-18-11-19(18)20(31)12-28-25(32)21-13-27-22-8-3-4-9-30(21)22/h3-10,13,18-20H,11-12,14H2,1-2H3,(H,28,32)/t18-,19-,20+/m0/s1. The second kappa shape index (κ2) is 8.06. The summed E-state index contributed by atoms with van der Waals surface area (Å²) < 4.78 is 1.78. The Labute approximate surface area is 201 Å². The highest BCUT2D eigenvalue weighted by Gasteiger charge is 2.54. The fourth-order valence-corrected chi connectivity index (χ4v) is 6.05. The molecule has 7 nitrogen and oxygen atoms in total. The predicted molar refractivity (Wildman–Crippen MR) is 131 cm³/mol. The minimum atomic E-state index is -0.180. The Morgan fingerprint density at radius 3 is 2.91 bits per heavy atom. The number of likely N-dealkylation sites (tertiary alicyclic amines) is 1. The summed E-state index contributed by atoms with van der Waals surface area (Å²) in [5.41, 5.74) is 3.92. The quantitative estimate of drug-likeness (QED) is 0.478. The van der Waals surface area contributed by atoms with Gasteiger partial charge in [-0.3, -0.25) is 14.0 Å². The minimum Gasteiger partial charge on any atom is -0.349 e. The number of nitrogens with one attached hydrogen (secondary N) is 1. The number of carbonyl (C=O) groups excluding carboxylic acids is 2. The Kier molecular flexibility index (Phi) is 4.99. The molecule has 4 aromatic rings. The van der Waals surface area contributed by atoms with Crippen molar-refractivity contribution < 1.29 is 9.59 Å². The van der Waals surface area contributed by atoms with Gasteiger partial charge in [-0.1, -0.05) is 35.9 Å². The molecule has 2 aliphatic rings. The van der Waals surface area contributed by atoms with Gasteiger partial charge in [-0.25, -0.2) is 9.97 Å². The van der Waals surface area contributed by atoms with Crippen LogP contribution in [0.15, 0.2) is 54.9 Å². The number of piperidine rings is 1. The van der Waals surface area contributed by atoms with E-state index in [1.54, 1.807) is 21.9 Å². The normalized spacial score (nSPS) is 21.0. The van der Waals surface area contributed by atoms with Gasteiger partial charge in [-0.2, -0.15) is 0 Å². The molecule has 172 valence electrons. The number of amides is 2. The number of pyridine rings is 1. The van der Waals surface area contributed by atoms with E-state index in [1.165, 1.54) is 0 Å². The third-order valence-electron chi connectivity index (χ3n) is 6.90. The monoisotopic (exact) mass is 471 g/mol. The summed E-state index contributed by atoms with van der Waals surface area (Å²) in [5.74, 6) is 0.736. The molecule has 1 aliphatic carbocycles. The van der Waals surface area contributed by atoms with E-state index in [9.17, 15) is 9.59 Å². The first kappa shape index (κ1) is 21.0. The van der Waals surface area contributed by atoms with E-state index < -0.39 is 0 Å². The molecule has 1 aliphatic heterocycles. The summed E-state index contributed by atoms with van der Waals surface area (Å²) in [6.45, 7) is 5.14. The van der Waals surface area contributed by atoms with Gasteiger partial charge in [-0.05, 0) is 49.8 Å². The molecule has 6 rings (SSSR count). The average molecular weight is 472 g/mol. The van der Waals surface area contributed by atoms with Gasteiger partial charge in [0.15, 0.2) is 0 Å². The molecule has 8 heteroatoms. The lowest BCUT2D eigenvalue weighted by atomic mass is 10.1. The maximum absolute atomic E-state index is 13.7. The van der Waals surface area contributed by atoms with Gasteiger partial charge < -0.3 is 10.2 Å². The van der Waals surface area contributed by atoms with E-state index in [2.05, 4.69) is 34.3 Å². The molecular weight excluding hydrogens is 446 g/mol. The summed E-state index contributed by atoms with van der Waals surface area (Å²) in [5, 5.41) is 3.94. The molecule has 1 saturated heterocycles. The first-order valence-corrected chi connectivity index (χ1v) is 12.4. The van der Waals surface area contributed by atoms with E-state index in [0.29, 0.717) is 29.8 Å². The van der Waals surface area contributed by atoms with E-state index in [4.69, 9.17) is 0 Å². The largest absolute Gasteiger partial charge is 0.349 e. The topological polar surface area (TPSA) is 79.6 Å². The van der Waals surface area contributed by atoms with Crippen LogP contribution in [0.2, 0.25) is 0 Å². The molecule has 0 bridgehead atoms. The molecule has 2 fully saturated rings. The zero-order valence-corrected chi connectivity index (χ0v) is 19.9. The van der Waals surface area contributed by atoms with E-state index >= 15 is 0 Å². The Morgan fingerprint density at radius 1 is 1.18 bits per heavy atom. The van der Waals surface area contributed by atoms with Crippen LogP contribution in [-0.4, -0.2) is 50.2 Å². The number of imidazole rings is 1. The van der Waals surface area contributed by atoms with E-state index in [1.807, 2.05) is 48.4 Å². The lowest BCUT2D eigenvalue weighted by molar-refractivity contribution is 0.0690. The van der Waals surface area contributed by atoms with E-state index in [0.717, 1.165) is 39.6 Å². The smallest absolute Gasteiger partial charge is 0.274 e. The number of benzene rings is 1. The summed E-state index contributed by atoms with van der Waals surface area (Å²) in [6.07, 6.45) is 4.53. The van der Waals surface area contributed by atoms with Crippen LogP contribution in [0.25, 0.3) is 16.1 Å². The Bertz CT molecular complexity index is 1420. The molecule has 4 heterocycles. The van der Waals surface area contributed by atoms with Gasteiger partial charge in [0.25, 0.3) is 11.8 Å². The van der Waals surface area contributed by atoms with Crippen molar-refractivity contribution in [2.75, 3.05) is 13.1 Å². The maximum Gasteiger partial charge on any atom is 0.274 e. The molecule has 34 heavy (non-hydrogen) atoms. The van der Waals surface area contributed by atoms with Crippen LogP contribution in [0.5, 0.6) is 0 Å². The molecule has 3 atom stereocenters. The molecular formula is C26H25N5O2S. The highest BCUT2D eigenvalue weighted by Crippen LogP contribution is 2.50. The van der Waals surface area contributed by atoms with Gasteiger partial charge in [0.1, 0.15) is 17.0 Å². The fourth-order valence-electron chi connectivity index (χ4n) is 5.14. The number of nitrogens with zero attached hydrogens (tertiary/aromatic N) is 4. The molecule has 2 amide bonds. The summed E-state index contributed by atoms with van der Waals surface area (Å²) in [6, 6.07) is 13.8. The average Bonchev–Trinajstić information content (AvgIpc) is 3.17. The fraction of sp³-hybridized carbons (Fsp3) is 0.308. The van der Waals surface area contributed by atoms with Gasteiger partial charge >= 0.3 is 0 Å². The molecule has 1 saturated carbocycles.